The van der Waals surface area contributed by atoms with E-state index in [0.717, 1.165) is 29.5 Å². The molecule has 118 valence electrons. The lowest BCUT2D eigenvalue weighted by Gasteiger charge is -2.05. The first-order valence-corrected chi connectivity index (χ1v) is 8.41. The zero-order valence-electron chi connectivity index (χ0n) is 13.3. The van der Waals surface area contributed by atoms with Crippen molar-refractivity contribution in [1.29, 1.82) is 0 Å². The third kappa shape index (κ3) is 4.07. The van der Waals surface area contributed by atoms with E-state index in [9.17, 15) is 0 Å². The fourth-order valence-electron chi connectivity index (χ4n) is 2.41. The van der Waals surface area contributed by atoms with Gasteiger partial charge in [0.25, 0.3) is 0 Å². The number of thiazole rings is 1. The van der Waals surface area contributed by atoms with Crippen LogP contribution in [0.25, 0.3) is 0 Å². The number of pyridine rings is 1. The molecule has 0 aliphatic heterocycles. The minimum atomic E-state index is 0.822. The van der Waals surface area contributed by atoms with E-state index in [0.29, 0.717) is 0 Å². The van der Waals surface area contributed by atoms with Gasteiger partial charge in [-0.15, -0.1) is 11.3 Å². The average Bonchev–Trinajstić information content (AvgIpc) is 2.96. The highest BCUT2D eigenvalue weighted by atomic mass is 32.1. The Morgan fingerprint density at radius 2 is 1.96 bits per heavy atom. The van der Waals surface area contributed by atoms with Crippen LogP contribution in [0.15, 0.2) is 42.7 Å². The lowest BCUT2D eigenvalue weighted by Crippen LogP contribution is -1.95. The fraction of sp³-hybridized carbons (Fsp3) is 0.222. The maximum atomic E-state index is 5.87. The lowest BCUT2D eigenvalue weighted by atomic mass is 10.0. The summed E-state index contributed by atoms with van der Waals surface area (Å²) in [6.45, 7) is 4.17. The summed E-state index contributed by atoms with van der Waals surface area (Å²) in [4.78, 5) is 9.99. The molecule has 3 N–H and O–H groups in total. The molecule has 3 rings (SSSR count). The first-order chi connectivity index (χ1) is 11.1. The molecule has 3 aromatic rings. The van der Waals surface area contributed by atoms with Crippen LogP contribution in [0.2, 0.25) is 0 Å². The minimum absolute atomic E-state index is 0.822. The van der Waals surface area contributed by atoms with E-state index < -0.39 is 0 Å². The maximum Gasteiger partial charge on any atom is 0.188 e. The molecule has 0 fully saturated rings. The van der Waals surface area contributed by atoms with Crippen molar-refractivity contribution in [2.75, 3.05) is 11.1 Å². The van der Waals surface area contributed by atoms with Crippen LogP contribution in [0.5, 0.6) is 0 Å². The second kappa shape index (κ2) is 6.79. The molecule has 0 aliphatic carbocycles. The third-order valence-corrected chi connectivity index (χ3v) is 4.69. The summed E-state index contributed by atoms with van der Waals surface area (Å²) in [7, 11) is 0. The molecule has 0 unspecified atom stereocenters. The topological polar surface area (TPSA) is 63.8 Å². The SMILES string of the molecule is Cc1ccnc(Nc2ncc(CCc3cc(N)ccc3C)s2)c1. The van der Waals surface area contributed by atoms with Gasteiger partial charge in [0.05, 0.1) is 0 Å². The molecule has 0 radical (unpaired) electrons. The standard InChI is InChI=1S/C18H20N4S/c1-12-7-8-20-17(9-12)22-18-21-11-16(23-18)6-4-14-10-15(19)5-3-13(14)2/h3,5,7-11H,4,6,19H2,1-2H3,(H,20,21,22). The van der Waals surface area contributed by atoms with E-state index in [-0.39, 0.29) is 0 Å². The molecule has 5 heteroatoms. The third-order valence-electron chi connectivity index (χ3n) is 3.72. The van der Waals surface area contributed by atoms with Crippen molar-refractivity contribution >= 4 is 28.0 Å². The van der Waals surface area contributed by atoms with Gasteiger partial charge in [-0.2, -0.15) is 0 Å². The van der Waals surface area contributed by atoms with Gasteiger partial charge in [0.2, 0.25) is 0 Å². The maximum absolute atomic E-state index is 5.87. The number of hydrogen-bond donors (Lipinski definition) is 2. The molecule has 0 aliphatic rings. The summed E-state index contributed by atoms with van der Waals surface area (Å²) in [5.74, 6) is 0.831. The summed E-state index contributed by atoms with van der Waals surface area (Å²) in [5.41, 5.74) is 10.5. The van der Waals surface area contributed by atoms with Crippen LogP contribution in [-0.2, 0) is 12.8 Å². The molecule has 1 aromatic carbocycles. The summed E-state index contributed by atoms with van der Waals surface area (Å²) < 4.78 is 0. The minimum Gasteiger partial charge on any atom is -0.399 e. The summed E-state index contributed by atoms with van der Waals surface area (Å²) >= 11 is 1.67. The van der Waals surface area contributed by atoms with Crippen molar-refractivity contribution < 1.29 is 0 Å². The number of nitrogens with zero attached hydrogens (tertiary/aromatic N) is 2. The Bertz CT molecular complexity index is 810. The molecule has 0 spiro atoms. The Morgan fingerprint density at radius 1 is 1.09 bits per heavy atom. The van der Waals surface area contributed by atoms with E-state index in [1.54, 1.807) is 17.5 Å². The van der Waals surface area contributed by atoms with Gasteiger partial charge in [-0.1, -0.05) is 6.07 Å². The fourth-order valence-corrected chi connectivity index (χ4v) is 3.23. The Hall–Kier alpha value is -2.40. The van der Waals surface area contributed by atoms with Crippen molar-refractivity contribution in [1.82, 2.24) is 9.97 Å². The highest BCUT2D eigenvalue weighted by Crippen LogP contribution is 2.24. The van der Waals surface area contributed by atoms with Crippen LogP contribution >= 0.6 is 11.3 Å². The van der Waals surface area contributed by atoms with Crippen LogP contribution in [0.4, 0.5) is 16.6 Å². The van der Waals surface area contributed by atoms with Crippen LogP contribution in [0, 0.1) is 13.8 Å². The van der Waals surface area contributed by atoms with Gasteiger partial charge in [0, 0.05) is 23.0 Å². The van der Waals surface area contributed by atoms with Gasteiger partial charge in [0.15, 0.2) is 5.13 Å². The number of aromatic nitrogens is 2. The quantitative estimate of drug-likeness (QED) is 0.688. The van der Waals surface area contributed by atoms with Crippen molar-refractivity contribution in [2.45, 2.75) is 26.7 Å². The van der Waals surface area contributed by atoms with Crippen LogP contribution in [0.3, 0.4) is 0 Å². The molecule has 23 heavy (non-hydrogen) atoms. The number of nitrogen functional groups attached to an aromatic ring is 1. The van der Waals surface area contributed by atoms with Gasteiger partial charge >= 0.3 is 0 Å². The van der Waals surface area contributed by atoms with E-state index in [1.807, 2.05) is 31.3 Å². The Balaban J connectivity index is 1.64. The summed E-state index contributed by atoms with van der Waals surface area (Å²) in [6.07, 6.45) is 5.67. The Kier molecular flexibility index (Phi) is 4.57. The van der Waals surface area contributed by atoms with Gasteiger partial charge in [-0.05, 0) is 67.6 Å². The predicted octanol–water partition coefficient (Wildman–Crippen LogP) is 4.27. The summed E-state index contributed by atoms with van der Waals surface area (Å²) in [6, 6.07) is 10.1. The number of anilines is 3. The molecule has 0 amide bonds. The molecule has 0 atom stereocenters. The number of nitrogens with two attached hydrogens (primary N) is 1. The second-order valence-electron chi connectivity index (χ2n) is 5.66. The van der Waals surface area contributed by atoms with Gasteiger partial charge in [-0.3, -0.25) is 0 Å². The Labute approximate surface area is 140 Å². The smallest absolute Gasteiger partial charge is 0.188 e. The van der Waals surface area contributed by atoms with Gasteiger partial charge in [0.1, 0.15) is 5.82 Å². The summed E-state index contributed by atoms with van der Waals surface area (Å²) in [5, 5.41) is 4.14. The largest absolute Gasteiger partial charge is 0.399 e. The molecular formula is C18H20N4S. The first kappa shape index (κ1) is 15.5. The number of hydrogen-bond acceptors (Lipinski definition) is 5. The zero-order valence-corrected chi connectivity index (χ0v) is 14.2. The molecular weight excluding hydrogens is 304 g/mol. The molecule has 0 bridgehead atoms. The zero-order chi connectivity index (χ0) is 16.2. The highest BCUT2D eigenvalue weighted by molar-refractivity contribution is 7.15. The number of nitrogens with one attached hydrogen (secondary N) is 1. The molecule has 2 aromatic heterocycles. The van der Waals surface area contributed by atoms with Crippen molar-refractivity contribution in [3.63, 3.8) is 0 Å². The van der Waals surface area contributed by atoms with E-state index in [4.69, 9.17) is 5.73 Å². The van der Waals surface area contributed by atoms with Crippen molar-refractivity contribution in [3.8, 4) is 0 Å². The van der Waals surface area contributed by atoms with E-state index in [1.165, 1.54) is 21.6 Å². The molecule has 4 nitrogen and oxygen atoms in total. The van der Waals surface area contributed by atoms with Crippen LogP contribution in [0.1, 0.15) is 21.6 Å². The molecule has 0 saturated carbocycles. The van der Waals surface area contributed by atoms with Crippen LogP contribution in [-0.4, -0.2) is 9.97 Å². The first-order valence-electron chi connectivity index (χ1n) is 7.59. The second-order valence-corrected chi connectivity index (χ2v) is 6.78. The normalized spacial score (nSPS) is 10.7. The van der Waals surface area contributed by atoms with E-state index in [2.05, 4.69) is 34.3 Å². The molecule has 2 heterocycles. The van der Waals surface area contributed by atoms with Crippen molar-refractivity contribution in [2.24, 2.45) is 0 Å². The monoisotopic (exact) mass is 324 g/mol. The van der Waals surface area contributed by atoms with E-state index >= 15 is 0 Å². The van der Waals surface area contributed by atoms with Crippen molar-refractivity contribution in [3.05, 3.63) is 64.3 Å². The lowest BCUT2D eigenvalue weighted by molar-refractivity contribution is 0.965. The average molecular weight is 324 g/mol. The highest BCUT2D eigenvalue weighted by Gasteiger charge is 2.05. The number of benzene rings is 1. The van der Waals surface area contributed by atoms with Gasteiger partial charge < -0.3 is 11.1 Å². The van der Waals surface area contributed by atoms with Gasteiger partial charge in [-0.25, -0.2) is 9.97 Å². The van der Waals surface area contributed by atoms with Crippen LogP contribution < -0.4 is 11.1 Å². The Morgan fingerprint density at radius 3 is 2.78 bits per heavy atom. The number of rotatable bonds is 5. The number of aryl methyl sites for hydroxylation is 4. The molecule has 0 saturated heterocycles. The predicted molar refractivity (Wildman–Crippen MR) is 97.4 cm³/mol.